The van der Waals surface area contributed by atoms with Crippen LogP contribution in [0.2, 0.25) is 0 Å². The monoisotopic (exact) mass is 519 g/mol. The van der Waals surface area contributed by atoms with Gasteiger partial charge in [-0.3, -0.25) is 14.5 Å². The summed E-state index contributed by atoms with van der Waals surface area (Å²) in [7, 11) is 1.45. The first kappa shape index (κ1) is 22.2. The first-order valence-corrected chi connectivity index (χ1v) is 11.5. The number of methoxy groups -OCH3 is 1. The Bertz CT molecular complexity index is 1560. The molecular weight excluding hydrogens is 498 g/mol. The molecule has 0 fully saturated rings. The van der Waals surface area contributed by atoms with Crippen molar-refractivity contribution in [2.75, 3.05) is 12.0 Å². The number of phenolic OH excluding ortho intramolecular Hbond substituents is 1. The van der Waals surface area contributed by atoms with Gasteiger partial charge < -0.3 is 14.3 Å². The van der Waals surface area contributed by atoms with Gasteiger partial charge >= 0.3 is 0 Å². The highest BCUT2D eigenvalue weighted by atomic mass is 79.9. The maximum atomic E-state index is 13.8. The van der Waals surface area contributed by atoms with Gasteiger partial charge in [0.05, 0.1) is 28.6 Å². The smallest absolute Gasteiger partial charge is 0.295 e. The van der Waals surface area contributed by atoms with Crippen LogP contribution in [-0.2, 0) is 0 Å². The van der Waals surface area contributed by atoms with Gasteiger partial charge in [-0.05, 0) is 89.8 Å². The molecule has 0 spiro atoms. The summed E-state index contributed by atoms with van der Waals surface area (Å²) in [6, 6.07) is 13.6. The lowest BCUT2D eigenvalue weighted by molar-refractivity contribution is 0.0971. The van der Waals surface area contributed by atoms with Crippen LogP contribution in [0, 0.1) is 20.8 Å². The molecule has 0 aliphatic carbocycles. The third-order valence-corrected chi connectivity index (χ3v) is 6.99. The number of carbonyl (C=O) groups excluding carboxylic acids is 1. The summed E-state index contributed by atoms with van der Waals surface area (Å²) >= 11 is 3.37. The van der Waals surface area contributed by atoms with E-state index in [1.807, 2.05) is 45.0 Å². The van der Waals surface area contributed by atoms with Crippen LogP contribution in [-0.4, -0.2) is 18.1 Å². The first-order valence-electron chi connectivity index (χ1n) is 10.8. The molecule has 1 N–H and O–H groups in total. The average Bonchev–Trinajstić information content (AvgIpc) is 3.10. The van der Waals surface area contributed by atoms with E-state index in [0.29, 0.717) is 26.7 Å². The number of hydrogen-bond acceptors (Lipinski definition) is 5. The SMILES string of the molecule is COc1cc(C2c3c(oc4ccc(C)cc4c3=O)C(=O)N2c2ccc(C)c(C)c2)cc(Br)c1O. The van der Waals surface area contributed by atoms with Crippen molar-refractivity contribution in [2.45, 2.75) is 26.8 Å². The van der Waals surface area contributed by atoms with Crippen molar-refractivity contribution in [1.82, 2.24) is 0 Å². The molecule has 1 unspecified atom stereocenters. The average molecular weight is 520 g/mol. The van der Waals surface area contributed by atoms with Crippen LogP contribution in [0.15, 0.2) is 62.2 Å². The summed E-state index contributed by atoms with van der Waals surface area (Å²) in [5, 5.41) is 10.8. The number of hydrogen-bond donors (Lipinski definition) is 1. The molecule has 2 heterocycles. The molecule has 1 aromatic heterocycles. The van der Waals surface area contributed by atoms with Gasteiger partial charge in [-0.15, -0.1) is 0 Å². The van der Waals surface area contributed by atoms with Crippen LogP contribution in [0.5, 0.6) is 11.5 Å². The lowest BCUT2D eigenvalue weighted by Gasteiger charge is -2.26. The molecule has 172 valence electrons. The molecule has 1 aliphatic heterocycles. The zero-order valence-corrected chi connectivity index (χ0v) is 20.7. The topological polar surface area (TPSA) is 80.0 Å². The van der Waals surface area contributed by atoms with Gasteiger partial charge in [0, 0.05) is 5.69 Å². The molecule has 34 heavy (non-hydrogen) atoms. The van der Waals surface area contributed by atoms with Gasteiger partial charge in [0.25, 0.3) is 5.91 Å². The van der Waals surface area contributed by atoms with Crippen LogP contribution in [0.25, 0.3) is 11.0 Å². The summed E-state index contributed by atoms with van der Waals surface area (Å²) in [5.74, 6) is -0.209. The van der Waals surface area contributed by atoms with Crippen molar-refractivity contribution in [1.29, 1.82) is 0 Å². The Hall–Kier alpha value is -3.58. The molecule has 1 aliphatic rings. The number of fused-ring (bicyclic) bond motifs is 2. The summed E-state index contributed by atoms with van der Waals surface area (Å²) < 4.78 is 11.8. The Morgan fingerprint density at radius 3 is 2.47 bits per heavy atom. The maximum absolute atomic E-state index is 13.8. The van der Waals surface area contributed by atoms with Crippen LogP contribution < -0.4 is 15.1 Å². The lowest BCUT2D eigenvalue weighted by atomic mass is 9.97. The number of carbonyl (C=O) groups is 1. The van der Waals surface area contributed by atoms with Gasteiger partial charge in [0.1, 0.15) is 5.58 Å². The molecule has 0 radical (unpaired) electrons. The van der Waals surface area contributed by atoms with Crippen molar-refractivity contribution in [3.05, 3.63) is 96.8 Å². The minimum absolute atomic E-state index is 0.0211. The number of nitrogens with zero attached hydrogens (tertiary/aromatic N) is 1. The second-order valence-electron chi connectivity index (χ2n) is 8.57. The quantitative estimate of drug-likeness (QED) is 0.362. The van der Waals surface area contributed by atoms with E-state index in [1.165, 1.54) is 7.11 Å². The number of benzene rings is 3. The predicted molar refractivity (Wildman–Crippen MR) is 134 cm³/mol. The second kappa shape index (κ2) is 8.02. The summed E-state index contributed by atoms with van der Waals surface area (Å²) in [4.78, 5) is 29.1. The number of rotatable bonds is 3. The van der Waals surface area contributed by atoms with Crippen LogP contribution >= 0.6 is 15.9 Å². The van der Waals surface area contributed by atoms with Crippen LogP contribution in [0.3, 0.4) is 0 Å². The molecule has 7 heteroatoms. The number of aromatic hydroxyl groups is 1. The van der Waals surface area contributed by atoms with Crippen molar-refractivity contribution in [3.8, 4) is 11.5 Å². The van der Waals surface area contributed by atoms with Crippen molar-refractivity contribution in [3.63, 3.8) is 0 Å². The van der Waals surface area contributed by atoms with Gasteiger partial charge in [0.15, 0.2) is 16.9 Å². The number of aryl methyl sites for hydroxylation is 3. The summed E-state index contributed by atoms with van der Waals surface area (Å²) in [5.41, 5.74) is 4.65. The molecule has 4 aromatic rings. The summed E-state index contributed by atoms with van der Waals surface area (Å²) in [6.45, 7) is 5.87. The van der Waals surface area contributed by atoms with Crippen molar-refractivity contribution < 1.29 is 19.1 Å². The molecule has 1 amide bonds. The van der Waals surface area contributed by atoms with E-state index in [1.54, 1.807) is 29.2 Å². The lowest BCUT2D eigenvalue weighted by Crippen LogP contribution is -2.29. The fourth-order valence-corrected chi connectivity index (χ4v) is 4.91. The highest BCUT2D eigenvalue weighted by Crippen LogP contribution is 2.45. The number of ether oxygens (including phenoxy) is 1. The van der Waals surface area contributed by atoms with E-state index in [-0.39, 0.29) is 28.3 Å². The number of phenols is 1. The Labute approximate surface area is 204 Å². The third-order valence-electron chi connectivity index (χ3n) is 6.38. The molecule has 3 aromatic carbocycles. The first-order chi connectivity index (χ1) is 16.2. The van der Waals surface area contributed by atoms with E-state index < -0.39 is 11.9 Å². The number of anilines is 1. The highest BCUT2D eigenvalue weighted by Gasteiger charge is 2.44. The van der Waals surface area contributed by atoms with Crippen molar-refractivity contribution in [2.24, 2.45) is 0 Å². The Balaban J connectivity index is 1.85. The Morgan fingerprint density at radius 1 is 1.00 bits per heavy atom. The predicted octanol–water partition coefficient (Wildman–Crippen LogP) is 5.94. The molecule has 0 saturated heterocycles. The minimum Gasteiger partial charge on any atom is -0.503 e. The molecule has 0 bridgehead atoms. The number of halogens is 1. The van der Waals surface area contributed by atoms with Crippen molar-refractivity contribution >= 4 is 38.5 Å². The van der Waals surface area contributed by atoms with Crippen LogP contribution in [0.4, 0.5) is 5.69 Å². The van der Waals surface area contributed by atoms with Gasteiger partial charge in [-0.25, -0.2) is 0 Å². The Morgan fingerprint density at radius 2 is 1.76 bits per heavy atom. The normalized spacial score (nSPS) is 15.1. The largest absolute Gasteiger partial charge is 0.503 e. The maximum Gasteiger partial charge on any atom is 0.295 e. The minimum atomic E-state index is -0.767. The number of amides is 1. The Kier molecular flexibility index (Phi) is 5.24. The fourth-order valence-electron chi connectivity index (χ4n) is 4.45. The molecular formula is C27H22BrNO5. The van der Waals surface area contributed by atoms with Gasteiger partial charge in [0.2, 0.25) is 5.76 Å². The van der Waals surface area contributed by atoms with E-state index in [9.17, 15) is 14.7 Å². The van der Waals surface area contributed by atoms with E-state index >= 15 is 0 Å². The molecule has 5 rings (SSSR count). The fraction of sp³-hybridized carbons (Fsp3) is 0.185. The zero-order valence-electron chi connectivity index (χ0n) is 19.1. The standard InChI is InChI=1S/C27H22BrNO5/c1-13-5-8-20-18(9-13)24(30)22-23(16-11-19(28)25(31)21(12-16)33-4)29(27(32)26(22)34-20)17-7-6-14(2)15(3)10-17/h5-12,23,31H,1-4H3. The third kappa shape index (κ3) is 3.30. The molecule has 6 nitrogen and oxygen atoms in total. The van der Waals surface area contributed by atoms with E-state index in [4.69, 9.17) is 9.15 Å². The zero-order chi connectivity index (χ0) is 24.3. The van der Waals surface area contributed by atoms with Crippen LogP contribution in [0.1, 0.15) is 44.4 Å². The van der Waals surface area contributed by atoms with Gasteiger partial charge in [-0.2, -0.15) is 0 Å². The molecule has 1 atom stereocenters. The second-order valence-corrected chi connectivity index (χ2v) is 9.43. The van der Waals surface area contributed by atoms with E-state index in [0.717, 1.165) is 16.7 Å². The van der Waals surface area contributed by atoms with Gasteiger partial charge in [-0.1, -0.05) is 17.7 Å². The van der Waals surface area contributed by atoms with E-state index in [2.05, 4.69) is 15.9 Å². The summed E-state index contributed by atoms with van der Waals surface area (Å²) in [6.07, 6.45) is 0. The highest BCUT2D eigenvalue weighted by molar-refractivity contribution is 9.10. The molecule has 0 saturated carbocycles.